The van der Waals surface area contributed by atoms with E-state index in [1.165, 1.54) is 0 Å². The van der Waals surface area contributed by atoms with E-state index < -0.39 is 0 Å². The maximum atomic E-state index is 12.9. The molecule has 0 N–H and O–H groups in total. The van der Waals surface area contributed by atoms with Crippen LogP contribution in [-0.2, 0) is 6.42 Å². The molecule has 5 heteroatoms. The van der Waals surface area contributed by atoms with Gasteiger partial charge in [0.05, 0.1) is 32.5 Å². The molecular formula is C22H24O5. The summed E-state index contributed by atoms with van der Waals surface area (Å²) in [5, 5.41) is 0. The molecule has 0 bridgehead atoms. The van der Waals surface area contributed by atoms with Crippen molar-refractivity contribution in [1.29, 1.82) is 0 Å². The normalized spacial score (nSPS) is 14.1. The van der Waals surface area contributed by atoms with E-state index in [4.69, 9.17) is 18.9 Å². The third-order valence-corrected chi connectivity index (χ3v) is 4.50. The number of benzene rings is 2. The van der Waals surface area contributed by atoms with Gasteiger partial charge in [0.25, 0.3) is 0 Å². The monoisotopic (exact) mass is 368 g/mol. The summed E-state index contributed by atoms with van der Waals surface area (Å²) in [4.78, 5) is 12.9. The molecule has 27 heavy (non-hydrogen) atoms. The number of fused-ring (bicyclic) bond motifs is 1. The number of rotatable bonds is 6. The van der Waals surface area contributed by atoms with E-state index in [-0.39, 0.29) is 17.8 Å². The molecule has 0 radical (unpaired) electrons. The number of carbonyl (C=O) groups is 1. The number of hydrogen-bond donors (Lipinski definition) is 0. The summed E-state index contributed by atoms with van der Waals surface area (Å²) in [6.07, 6.45) is 4.14. The molecule has 1 heterocycles. The quantitative estimate of drug-likeness (QED) is 0.711. The summed E-state index contributed by atoms with van der Waals surface area (Å²) in [7, 11) is 4.72. The van der Waals surface area contributed by atoms with Gasteiger partial charge in [-0.3, -0.25) is 4.79 Å². The average Bonchev–Trinajstić information content (AvgIpc) is 2.65. The van der Waals surface area contributed by atoms with Gasteiger partial charge >= 0.3 is 0 Å². The van der Waals surface area contributed by atoms with Crippen LogP contribution in [0.4, 0.5) is 0 Å². The summed E-state index contributed by atoms with van der Waals surface area (Å²) in [6, 6.07) is 9.05. The first-order chi connectivity index (χ1) is 12.9. The van der Waals surface area contributed by atoms with Gasteiger partial charge in [-0.25, -0.2) is 0 Å². The predicted molar refractivity (Wildman–Crippen MR) is 104 cm³/mol. The van der Waals surface area contributed by atoms with Crippen molar-refractivity contribution in [3.63, 3.8) is 0 Å². The Labute approximate surface area is 159 Å². The summed E-state index contributed by atoms with van der Waals surface area (Å²) in [6.45, 7) is 3.96. The minimum absolute atomic E-state index is 0.0416. The number of ketones is 1. The summed E-state index contributed by atoms with van der Waals surface area (Å²) < 4.78 is 22.1. The molecule has 0 spiro atoms. The summed E-state index contributed by atoms with van der Waals surface area (Å²) in [5.41, 5.74) is 1.77. The number of carbonyl (C=O) groups excluding carboxylic acids is 1. The molecule has 2 aromatic rings. The van der Waals surface area contributed by atoms with Crippen molar-refractivity contribution in [2.75, 3.05) is 21.3 Å². The number of methoxy groups -OCH3 is 3. The fourth-order valence-corrected chi connectivity index (χ4v) is 3.14. The van der Waals surface area contributed by atoms with Crippen LogP contribution in [0.15, 0.2) is 36.4 Å². The number of hydrogen-bond acceptors (Lipinski definition) is 5. The third-order valence-electron chi connectivity index (χ3n) is 4.50. The Morgan fingerprint density at radius 3 is 2.41 bits per heavy atom. The highest BCUT2D eigenvalue weighted by molar-refractivity contribution is 6.01. The minimum atomic E-state index is -0.386. The molecule has 0 amide bonds. The Morgan fingerprint density at radius 1 is 1.00 bits per heavy atom. The van der Waals surface area contributed by atoms with Gasteiger partial charge < -0.3 is 18.9 Å². The first kappa shape index (κ1) is 18.8. The molecule has 0 atom stereocenters. The summed E-state index contributed by atoms with van der Waals surface area (Å²) in [5.74, 6) is 2.43. The first-order valence-corrected chi connectivity index (χ1v) is 8.72. The van der Waals surface area contributed by atoms with Crippen LogP contribution in [0.5, 0.6) is 23.0 Å². The average molecular weight is 368 g/mol. The molecule has 0 saturated heterocycles. The topological polar surface area (TPSA) is 54.0 Å². The van der Waals surface area contributed by atoms with Crippen LogP contribution in [-0.4, -0.2) is 32.7 Å². The smallest absolute Gasteiger partial charge is 0.170 e. The van der Waals surface area contributed by atoms with E-state index in [2.05, 4.69) is 0 Å². The van der Waals surface area contributed by atoms with Crippen molar-refractivity contribution in [2.45, 2.75) is 25.9 Å². The molecule has 0 aliphatic carbocycles. The van der Waals surface area contributed by atoms with E-state index >= 15 is 0 Å². The largest absolute Gasteiger partial charge is 0.495 e. The number of ether oxygens (including phenoxy) is 4. The Morgan fingerprint density at radius 2 is 1.74 bits per heavy atom. The summed E-state index contributed by atoms with van der Waals surface area (Å²) >= 11 is 0. The molecule has 142 valence electrons. The highest BCUT2D eigenvalue weighted by Gasteiger charge is 2.26. The van der Waals surface area contributed by atoms with Gasteiger partial charge in [0.2, 0.25) is 0 Å². The van der Waals surface area contributed by atoms with Gasteiger partial charge in [0.1, 0.15) is 17.1 Å². The molecule has 0 unspecified atom stereocenters. The lowest BCUT2D eigenvalue weighted by Gasteiger charge is -2.29. The van der Waals surface area contributed by atoms with Crippen molar-refractivity contribution in [2.24, 2.45) is 0 Å². The van der Waals surface area contributed by atoms with E-state index in [1.807, 2.05) is 44.2 Å². The lowest BCUT2D eigenvalue weighted by Crippen LogP contribution is -2.27. The van der Waals surface area contributed by atoms with E-state index in [9.17, 15) is 4.79 Å². The van der Waals surface area contributed by atoms with Crippen LogP contribution in [0, 0.1) is 0 Å². The van der Waals surface area contributed by atoms with Gasteiger partial charge in [-0.05, 0) is 55.8 Å². The second-order valence-electron chi connectivity index (χ2n) is 6.89. The Bertz CT molecular complexity index is 896. The van der Waals surface area contributed by atoms with Crippen LogP contribution in [0.25, 0.3) is 6.08 Å². The highest BCUT2D eigenvalue weighted by Crippen LogP contribution is 2.39. The Kier molecular flexibility index (Phi) is 5.13. The van der Waals surface area contributed by atoms with Crippen LogP contribution < -0.4 is 18.9 Å². The maximum Gasteiger partial charge on any atom is 0.170 e. The lowest BCUT2D eigenvalue weighted by atomic mass is 9.96. The van der Waals surface area contributed by atoms with E-state index in [1.54, 1.807) is 33.5 Å². The van der Waals surface area contributed by atoms with Gasteiger partial charge in [-0.2, -0.15) is 0 Å². The predicted octanol–water partition coefficient (Wildman–Crippen LogP) is 4.32. The van der Waals surface area contributed by atoms with E-state index in [0.717, 1.165) is 11.1 Å². The second kappa shape index (κ2) is 7.35. The van der Waals surface area contributed by atoms with Crippen molar-refractivity contribution in [1.82, 2.24) is 0 Å². The molecule has 0 saturated carbocycles. The standard InChI is InChI=1S/C22H24O5/c1-22(2)11-10-16-18(27-22)9-7-15(21(16)26-5)17(23)12-14-6-8-19(24-3)20(13-14)25-4/h6-11,13H,12H2,1-5H3. The van der Waals surface area contributed by atoms with Crippen molar-refractivity contribution < 1.29 is 23.7 Å². The second-order valence-corrected chi connectivity index (χ2v) is 6.89. The van der Waals surface area contributed by atoms with Crippen LogP contribution in [0.3, 0.4) is 0 Å². The minimum Gasteiger partial charge on any atom is -0.495 e. The molecule has 2 aromatic carbocycles. The van der Waals surface area contributed by atoms with Gasteiger partial charge in [-0.15, -0.1) is 0 Å². The highest BCUT2D eigenvalue weighted by atomic mass is 16.5. The van der Waals surface area contributed by atoms with E-state index in [0.29, 0.717) is 28.6 Å². The third kappa shape index (κ3) is 3.77. The van der Waals surface area contributed by atoms with Gasteiger partial charge in [0.15, 0.2) is 17.3 Å². The van der Waals surface area contributed by atoms with Crippen molar-refractivity contribution in [3.8, 4) is 23.0 Å². The zero-order valence-corrected chi connectivity index (χ0v) is 16.3. The maximum absolute atomic E-state index is 12.9. The van der Waals surface area contributed by atoms with Crippen LogP contribution in [0.2, 0.25) is 0 Å². The molecule has 5 nitrogen and oxygen atoms in total. The first-order valence-electron chi connectivity index (χ1n) is 8.72. The lowest BCUT2D eigenvalue weighted by molar-refractivity contribution is 0.0989. The van der Waals surface area contributed by atoms with Crippen LogP contribution in [0.1, 0.15) is 35.3 Å². The SMILES string of the molecule is COc1ccc(CC(=O)c2ccc3c(c2OC)C=CC(C)(C)O3)cc1OC. The zero-order chi connectivity index (χ0) is 19.6. The van der Waals surface area contributed by atoms with Gasteiger partial charge in [0, 0.05) is 6.42 Å². The Balaban J connectivity index is 1.92. The fraction of sp³-hybridized carbons (Fsp3) is 0.318. The number of Topliss-reactive ketones (excluding diaryl/α,β-unsaturated/α-hetero) is 1. The fourth-order valence-electron chi connectivity index (χ4n) is 3.14. The molecule has 0 fully saturated rings. The molecule has 3 rings (SSSR count). The van der Waals surface area contributed by atoms with Crippen molar-refractivity contribution in [3.05, 3.63) is 53.1 Å². The Hall–Kier alpha value is -2.95. The van der Waals surface area contributed by atoms with Gasteiger partial charge in [-0.1, -0.05) is 6.07 Å². The zero-order valence-electron chi connectivity index (χ0n) is 16.3. The molecular weight excluding hydrogens is 344 g/mol. The molecule has 1 aliphatic rings. The molecule has 0 aromatic heterocycles. The van der Waals surface area contributed by atoms with Crippen LogP contribution >= 0.6 is 0 Å². The molecule has 1 aliphatic heterocycles. The van der Waals surface area contributed by atoms with Crippen molar-refractivity contribution >= 4 is 11.9 Å².